The monoisotopic (exact) mass is 316 g/mol. The van der Waals surface area contributed by atoms with Gasteiger partial charge in [0.2, 0.25) is 0 Å². The molecule has 3 nitrogen and oxygen atoms in total. The standard InChI is InChI=1S/C20H28O3/c1-14-18(22)11-17-16(5-4-8-19(17,2)13-21)20(14,3)9-6-15-7-10-23-12-15/h7,10-12,14,16,21H,4-6,8-9,13H2,1-3H3/t14-,16+,19+,20-/m0/s1. The minimum Gasteiger partial charge on any atom is -0.472 e. The molecule has 1 aromatic heterocycles. The molecule has 2 aliphatic carbocycles. The lowest BCUT2D eigenvalue weighted by molar-refractivity contribution is -0.125. The summed E-state index contributed by atoms with van der Waals surface area (Å²) in [6, 6.07) is 2.01. The Morgan fingerprint density at radius 2 is 2.17 bits per heavy atom. The quantitative estimate of drug-likeness (QED) is 0.907. The van der Waals surface area contributed by atoms with Crippen LogP contribution < -0.4 is 0 Å². The highest BCUT2D eigenvalue weighted by Crippen LogP contribution is 2.57. The normalized spacial score (nSPS) is 37.4. The van der Waals surface area contributed by atoms with Crippen LogP contribution in [0, 0.1) is 22.7 Å². The second-order valence-corrected chi connectivity index (χ2v) is 8.02. The topological polar surface area (TPSA) is 50.4 Å². The summed E-state index contributed by atoms with van der Waals surface area (Å²) >= 11 is 0. The maximum absolute atomic E-state index is 12.7. The van der Waals surface area contributed by atoms with Gasteiger partial charge in [-0.2, -0.15) is 0 Å². The first kappa shape index (κ1) is 16.5. The molecular formula is C20H28O3. The summed E-state index contributed by atoms with van der Waals surface area (Å²) in [5, 5.41) is 9.93. The zero-order valence-electron chi connectivity index (χ0n) is 14.5. The Kier molecular flexibility index (Phi) is 4.26. The van der Waals surface area contributed by atoms with E-state index in [4.69, 9.17) is 4.42 Å². The van der Waals surface area contributed by atoms with Crippen LogP contribution in [-0.2, 0) is 11.2 Å². The predicted octanol–water partition coefficient (Wildman–Crippen LogP) is 4.16. The van der Waals surface area contributed by atoms with Gasteiger partial charge in [0.15, 0.2) is 5.78 Å². The number of carbonyl (C=O) groups excluding carboxylic acids is 1. The van der Waals surface area contributed by atoms with Crippen molar-refractivity contribution in [2.24, 2.45) is 22.7 Å². The molecule has 3 heteroatoms. The van der Waals surface area contributed by atoms with Gasteiger partial charge in [0.1, 0.15) is 0 Å². The number of furan rings is 1. The third kappa shape index (κ3) is 2.69. The van der Waals surface area contributed by atoms with Gasteiger partial charge in [0.05, 0.1) is 19.1 Å². The molecule has 2 aliphatic rings. The van der Waals surface area contributed by atoms with E-state index in [1.54, 1.807) is 12.5 Å². The minimum atomic E-state index is -0.227. The van der Waals surface area contributed by atoms with Crippen molar-refractivity contribution in [2.75, 3.05) is 6.61 Å². The summed E-state index contributed by atoms with van der Waals surface area (Å²) in [6.45, 7) is 6.60. The van der Waals surface area contributed by atoms with Crippen LogP contribution >= 0.6 is 0 Å². The van der Waals surface area contributed by atoms with Crippen molar-refractivity contribution in [1.29, 1.82) is 0 Å². The molecule has 0 aromatic carbocycles. The van der Waals surface area contributed by atoms with E-state index in [9.17, 15) is 9.90 Å². The van der Waals surface area contributed by atoms with Crippen molar-refractivity contribution >= 4 is 5.78 Å². The Labute approximate surface area is 138 Å². The van der Waals surface area contributed by atoms with E-state index in [1.807, 2.05) is 12.1 Å². The zero-order valence-corrected chi connectivity index (χ0v) is 14.5. The third-order valence-corrected chi connectivity index (χ3v) is 6.68. The Morgan fingerprint density at radius 3 is 2.83 bits per heavy atom. The first-order valence-electron chi connectivity index (χ1n) is 8.78. The van der Waals surface area contributed by atoms with E-state index in [-0.39, 0.29) is 29.1 Å². The molecule has 23 heavy (non-hydrogen) atoms. The summed E-state index contributed by atoms with van der Waals surface area (Å²) in [6.07, 6.45) is 10.5. The number of hydrogen-bond donors (Lipinski definition) is 1. The van der Waals surface area contributed by atoms with Crippen molar-refractivity contribution in [3.05, 3.63) is 35.8 Å². The zero-order chi connectivity index (χ0) is 16.7. The molecule has 0 aliphatic heterocycles. The summed E-state index contributed by atoms with van der Waals surface area (Å²) in [5.74, 6) is 0.657. The Balaban J connectivity index is 1.92. The second-order valence-electron chi connectivity index (χ2n) is 8.02. The van der Waals surface area contributed by atoms with Crippen LogP contribution in [0.4, 0.5) is 0 Å². The maximum atomic E-state index is 12.7. The number of rotatable bonds is 4. The number of aliphatic hydroxyl groups is 1. The molecular weight excluding hydrogens is 288 g/mol. The molecule has 1 fully saturated rings. The van der Waals surface area contributed by atoms with Gasteiger partial charge >= 0.3 is 0 Å². The van der Waals surface area contributed by atoms with Crippen LogP contribution in [0.5, 0.6) is 0 Å². The molecule has 4 atom stereocenters. The number of hydrogen-bond acceptors (Lipinski definition) is 3. The van der Waals surface area contributed by atoms with Gasteiger partial charge in [-0.25, -0.2) is 0 Å². The molecule has 0 unspecified atom stereocenters. The number of ketones is 1. The fraction of sp³-hybridized carbons (Fsp3) is 0.650. The SMILES string of the molecule is C[C@H]1C(=O)C=C2[C@@H](CCC[C@]2(C)CO)[C@@]1(C)CCc1ccoc1. The van der Waals surface area contributed by atoms with E-state index in [1.165, 1.54) is 11.1 Å². The average Bonchev–Trinajstić information content (AvgIpc) is 3.06. The van der Waals surface area contributed by atoms with Gasteiger partial charge in [-0.15, -0.1) is 0 Å². The highest BCUT2D eigenvalue weighted by atomic mass is 16.3. The second kappa shape index (κ2) is 5.94. The molecule has 0 radical (unpaired) electrons. The van der Waals surface area contributed by atoms with Crippen LogP contribution in [0.25, 0.3) is 0 Å². The highest BCUT2D eigenvalue weighted by Gasteiger charge is 2.51. The molecule has 0 amide bonds. The van der Waals surface area contributed by atoms with Crippen LogP contribution in [0.1, 0.15) is 52.0 Å². The lowest BCUT2D eigenvalue weighted by Gasteiger charge is -2.53. The number of fused-ring (bicyclic) bond motifs is 1. The Bertz CT molecular complexity index is 600. The summed E-state index contributed by atoms with van der Waals surface area (Å²) in [7, 11) is 0. The van der Waals surface area contributed by atoms with Gasteiger partial charge in [-0.05, 0) is 54.7 Å². The predicted molar refractivity (Wildman–Crippen MR) is 89.9 cm³/mol. The smallest absolute Gasteiger partial charge is 0.159 e. The largest absolute Gasteiger partial charge is 0.472 e. The highest BCUT2D eigenvalue weighted by molar-refractivity contribution is 5.94. The molecule has 1 saturated carbocycles. The number of carbonyl (C=O) groups is 1. The van der Waals surface area contributed by atoms with Crippen molar-refractivity contribution in [1.82, 2.24) is 0 Å². The van der Waals surface area contributed by atoms with E-state index in [0.29, 0.717) is 5.92 Å². The van der Waals surface area contributed by atoms with Gasteiger partial charge in [0, 0.05) is 11.3 Å². The Morgan fingerprint density at radius 1 is 1.39 bits per heavy atom. The van der Waals surface area contributed by atoms with Crippen LogP contribution in [-0.4, -0.2) is 17.5 Å². The Hall–Kier alpha value is -1.35. The summed E-state index contributed by atoms with van der Waals surface area (Å²) in [5.41, 5.74) is 2.12. The van der Waals surface area contributed by atoms with Crippen LogP contribution in [0.3, 0.4) is 0 Å². The van der Waals surface area contributed by atoms with Crippen LogP contribution in [0.15, 0.2) is 34.7 Å². The van der Waals surface area contributed by atoms with Gasteiger partial charge in [0.25, 0.3) is 0 Å². The number of allylic oxidation sites excluding steroid dienone is 1. The molecule has 3 rings (SSSR count). The number of aliphatic hydroxyl groups excluding tert-OH is 1. The summed E-state index contributed by atoms with van der Waals surface area (Å²) in [4.78, 5) is 12.7. The maximum Gasteiger partial charge on any atom is 0.159 e. The fourth-order valence-corrected chi connectivity index (χ4v) is 4.69. The molecule has 0 saturated heterocycles. The fourth-order valence-electron chi connectivity index (χ4n) is 4.69. The molecule has 0 spiro atoms. The van der Waals surface area contributed by atoms with Crippen LogP contribution in [0.2, 0.25) is 0 Å². The average molecular weight is 316 g/mol. The van der Waals surface area contributed by atoms with Crippen molar-refractivity contribution < 1.29 is 14.3 Å². The lowest BCUT2D eigenvalue weighted by atomic mass is 9.51. The molecule has 0 bridgehead atoms. The van der Waals surface area contributed by atoms with E-state index in [2.05, 4.69) is 20.8 Å². The summed E-state index contributed by atoms with van der Waals surface area (Å²) < 4.78 is 5.18. The van der Waals surface area contributed by atoms with Gasteiger partial charge in [-0.3, -0.25) is 4.79 Å². The van der Waals surface area contributed by atoms with E-state index in [0.717, 1.165) is 32.1 Å². The molecule has 1 N–H and O–H groups in total. The van der Waals surface area contributed by atoms with Crippen molar-refractivity contribution in [3.8, 4) is 0 Å². The lowest BCUT2D eigenvalue weighted by Crippen LogP contribution is -2.48. The van der Waals surface area contributed by atoms with Crippen molar-refractivity contribution in [3.63, 3.8) is 0 Å². The van der Waals surface area contributed by atoms with Crippen molar-refractivity contribution in [2.45, 2.75) is 52.9 Å². The minimum absolute atomic E-state index is 0.0317. The van der Waals surface area contributed by atoms with Gasteiger partial charge < -0.3 is 9.52 Å². The molecule has 1 aromatic rings. The van der Waals surface area contributed by atoms with E-state index >= 15 is 0 Å². The molecule has 126 valence electrons. The van der Waals surface area contributed by atoms with Gasteiger partial charge in [-0.1, -0.05) is 32.8 Å². The third-order valence-electron chi connectivity index (χ3n) is 6.68. The number of aryl methyl sites for hydroxylation is 1. The molecule has 1 heterocycles. The van der Waals surface area contributed by atoms with E-state index < -0.39 is 0 Å². The first-order chi connectivity index (χ1) is 10.9. The first-order valence-corrected chi connectivity index (χ1v) is 8.78.